The summed E-state index contributed by atoms with van der Waals surface area (Å²) in [4.78, 5) is 25.3. The molecule has 3 heterocycles. The third-order valence-electron chi connectivity index (χ3n) is 4.54. The highest BCUT2D eigenvalue weighted by atomic mass is 16.4. The van der Waals surface area contributed by atoms with Crippen LogP contribution >= 0.6 is 0 Å². The molecule has 8 nitrogen and oxygen atoms in total. The molecule has 8 heteroatoms. The minimum Gasteiger partial charge on any atom is -0.480 e. The van der Waals surface area contributed by atoms with Gasteiger partial charge < -0.3 is 10.0 Å². The van der Waals surface area contributed by atoms with Crippen molar-refractivity contribution in [2.75, 3.05) is 13.1 Å². The summed E-state index contributed by atoms with van der Waals surface area (Å²) < 4.78 is 3.16. The predicted molar refractivity (Wildman–Crippen MR) is 90.1 cm³/mol. The number of rotatable bonds is 5. The highest BCUT2D eigenvalue weighted by Gasteiger charge is 2.26. The normalized spacial score (nSPS) is 17.7. The van der Waals surface area contributed by atoms with Crippen LogP contribution in [0, 0.1) is 13.8 Å². The number of aliphatic carboxylic acids is 1. The van der Waals surface area contributed by atoms with Gasteiger partial charge in [0.05, 0.1) is 11.4 Å². The fraction of sp³-hybridized carbons (Fsp3) is 0.529. The molecule has 2 aromatic heterocycles. The van der Waals surface area contributed by atoms with E-state index in [1.165, 1.54) is 4.68 Å². The molecular formula is C17H23N5O3. The van der Waals surface area contributed by atoms with Crippen LogP contribution in [0.1, 0.15) is 35.8 Å². The van der Waals surface area contributed by atoms with Gasteiger partial charge in [-0.1, -0.05) is 0 Å². The van der Waals surface area contributed by atoms with Crippen molar-refractivity contribution in [2.24, 2.45) is 0 Å². The zero-order chi connectivity index (χ0) is 18.0. The molecule has 1 amide bonds. The summed E-state index contributed by atoms with van der Waals surface area (Å²) >= 11 is 0. The molecule has 3 rings (SSSR count). The Morgan fingerprint density at radius 3 is 2.76 bits per heavy atom. The minimum atomic E-state index is -0.917. The lowest BCUT2D eigenvalue weighted by atomic mass is 9.95. The van der Waals surface area contributed by atoms with E-state index in [0.29, 0.717) is 6.54 Å². The van der Waals surface area contributed by atoms with Crippen LogP contribution in [-0.2, 0) is 22.7 Å². The predicted octanol–water partition coefficient (Wildman–Crippen LogP) is 1.19. The van der Waals surface area contributed by atoms with Crippen molar-refractivity contribution in [3.8, 4) is 0 Å². The van der Waals surface area contributed by atoms with Crippen LogP contribution in [0.3, 0.4) is 0 Å². The van der Waals surface area contributed by atoms with Gasteiger partial charge in [0.2, 0.25) is 5.91 Å². The number of carboxylic acid groups (broad SMARTS) is 1. The number of amides is 1. The second-order valence-corrected chi connectivity index (χ2v) is 6.60. The molecule has 0 unspecified atom stereocenters. The fourth-order valence-electron chi connectivity index (χ4n) is 3.33. The molecule has 1 N–H and O–H groups in total. The zero-order valence-corrected chi connectivity index (χ0v) is 14.6. The fourth-order valence-corrected chi connectivity index (χ4v) is 3.33. The third-order valence-corrected chi connectivity index (χ3v) is 4.54. The molecule has 1 saturated heterocycles. The van der Waals surface area contributed by atoms with Crippen LogP contribution in [0.2, 0.25) is 0 Å². The van der Waals surface area contributed by atoms with E-state index in [2.05, 4.69) is 10.2 Å². The number of nitrogens with zero attached hydrogens (tertiary/aromatic N) is 5. The first kappa shape index (κ1) is 17.2. The van der Waals surface area contributed by atoms with Crippen molar-refractivity contribution in [3.63, 3.8) is 0 Å². The Hall–Kier alpha value is -2.64. The first-order valence-corrected chi connectivity index (χ1v) is 8.46. The van der Waals surface area contributed by atoms with Gasteiger partial charge in [-0.05, 0) is 38.8 Å². The molecule has 1 atom stereocenters. The molecule has 1 aliphatic heterocycles. The molecule has 134 valence electrons. The van der Waals surface area contributed by atoms with Crippen LogP contribution in [0.25, 0.3) is 0 Å². The van der Waals surface area contributed by atoms with Crippen molar-refractivity contribution in [1.82, 2.24) is 24.5 Å². The zero-order valence-electron chi connectivity index (χ0n) is 14.6. The van der Waals surface area contributed by atoms with Gasteiger partial charge in [-0.3, -0.25) is 19.0 Å². The van der Waals surface area contributed by atoms with Crippen LogP contribution in [0.5, 0.6) is 0 Å². The number of carboxylic acids is 1. The van der Waals surface area contributed by atoms with E-state index in [1.54, 1.807) is 10.9 Å². The summed E-state index contributed by atoms with van der Waals surface area (Å²) in [6.45, 7) is 5.32. The number of carbonyl (C=O) groups excluding carboxylic acids is 1. The van der Waals surface area contributed by atoms with Crippen molar-refractivity contribution >= 4 is 11.9 Å². The SMILES string of the molecule is Cc1cc(C)n(CC(=O)N2CCC[C@H](c3ccn(CC(=O)O)n3)C2)n1. The van der Waals surface area contributed by atoms with E-state index in [1.807, 2.05) is 30.9 Å². The number of likely N-dealkylation sites (tertiary alicyclic amines) is 1. The molecule has 0 spiro atoms. The lowest BCUT2D eigenvalue weighted by molar-refractivity contribution is -0.138. The summed E-state index contributed by atoms with van der Waals surface area (Å²) in [6.07, 6.45) is 3.55. The number of aromatic nitrogens is 4. The van der Waals surface area contributed by atoms with E-state index >= 15 is 0 Å². The Kier molecular flexibility index (Phi) is 4.87. The Bertz CT molecular complexity index is 779. The number of hydrogen-bond acceptors (Lipinski definition) is 4. The van der Waals surface area contributed by atoms with Gasteiger partial charge in [0.15, 0.2) is 0 Å². The summed E-state index contributed by atoms with van der Waals surface area (Å²) in [5.74, 6) is -0.714. The summed E-state index contributed by atoms with van der Waals surface area (Å²) in [5, 5.41) is 17.5. The standard InChI is InChI=1S/C17H23N5O3/c1-12-8-13(2)22(18-12)10-16(23)20-6-3-4-14(9-20)15-5-7-21(19-15)11-17(24)25/h5,7-8,14H,3-4,6,9-11H2,1-2H3,(H,24,25)/t14-/m0/s1. The Labute approximate surface area is 146 Å². The lowest BCUT2D eigenvalue weighted by Gasteiger charge is -2.32. The van der Waals surface area contributed by atoms with E-state index in [-0.39, 0.29) is 24.9 Å². The average Bonchev–Trinajstić information content (AvgIpc) is 3.13. The quantitative estimate of drug-likeness (QED) is 0.878. The van der Waals surface area contributed by atoms with Gasteiger partial charge >= 0.3 is 5.97 Å². The lowest BCUT2D eigenvalue weighted by Crippen LogP contribution is -2.41. The maximum absolute atomic E-state index is 12.6. The summed E-state index contributed by atoms with van der Waals surface area (Å²) in [7, 11) is 0. The van der Waals surface area contributed by atoms with E-state index in [9.17, 15) is 9.59 Å². The number of piperidine rings is 1. The maximum atomic E-state index is 12.6. The van der Waals surface area contributed by atoms with Gasteiger partial charge in [-0.25, -0.2) is 0 Å². The summed E-state index contributed by atoms with van der Waals surface area (Å²) in [6, 6.07) is 3.81. The van der Waals surface area contributed by atoms with Crippen molar-refractivity contribution < 1.29 is 14.7 Å². The molecule has 0 saturated carbocycles. The van der Waals surface area contributed by atoms with Gasteiger partial charge in [-0.15, -0.1) is 0 Å². The Morgan fingerprint density at radius 1 is 1.28 bits per heavy atom. The van der Waals surface area contributed by atoms with E-state index in [0.717, 1.165) is 36.5 Å². The molecule has 0 radical (unpaired) electrons. The second-order valence-electron chi connectivity index (χ2n) is 6.60. The number of carbonyl (C=O) groups is 2. The van der Waals surface area contributed by atoms with E-state index < -0.39 is 5.97 Å². The maximum Gasteiger partial charge on any atom is 0.325 e. The highest BCUT2D eigenvalue weighted by molar-refractivity contribution is 5.76. The Balaban J connectivity index is 1.64. The second kappa shape index (κ2) is 7.08. The smallest absolute Gasteiger partial charge is 0.325 e. The van der Waals surface area contributed by atoms with Crippen molar-refractivity contribution in [3.05, 3.63) is 35.4 Å². The number of aryl methyl sites for hydroxylation is 2. The minimum absolute atomic E-state index is 0.0564. The monoisotopic (exact) mass is 345 g/mol. The highest BCUT2D eigenvalue weighted by Crippen LogP contribution is 2.25. The average molecular weight is 345 g/mol. The third kappa shape index (κ3) is 4.07. The van der Waals surface area contributed by atoms with Gasteiger partial charge in [-0.2, -0.15) is 10.2 Å². The van der Waals surface area contributed by atoms with Crippen LogP contribution in [0.4, 0.5) is 0 Å². The van der Waals surface area contributed by atoms with Gasteiger partial charge in [0.1, 0.15) is 13.1 Å². The molecule has 2 aromatic rings. The van der Waals surface area contributed by atoms with E-state index in [4.69, 9.17) is 5.11 Å². The molecule has 0 aromatic carbocycles. The summed E-state index contributed by atoms with van der Waals surface area (Å²) in [5.41, 5.74) is 2.74. The molecule has 1 fully saturated rings. The van der Waals surface area contributed by atoms with Crippen LogP contribution in [0.15, 0.2) is 18.3 Å². The van der Waals surface area contributed by atoms with Crippen LogP contribution < -0.4 is 0 Å². The number of hydrogen-bond donors (Lipinski definition) is 1. The molecule has 0 aliphatic carbocycles. The molecular weight excluding hydrogens is 322 g/mol. The molecule has 0 bridgehead atoms. The van der Waals surface area contributed by atoms with Gasteiger partial charge in [0.25, 0.3) is 0 Å². The molecule has 25 heavy (non-hydrogen) atoms. The topological polar surface area (TPSA) is 93.2 Å². The largest absolute Gasteiger partial charge is 0.480 e. The molecule has 1 aliphatic rings. The first-order chi connectivity index (χ1) is 11.9. The van der Waals surface area contributed by atoms with Gasteiger partial charge in [0, 0.05) is 30.9 Å². The first-order valence-electron chi connectivity index (χ1n) is 8.46. The van der Waals surface area contributed by atoms with Crippen LogP contribution in [-0.4, -0.2) is 54.5 Å². The Morgan fingerprint density at radius 2 is 2.08 bits per heavy atom. The van der Waals surface area contributed by atoms with Crippen molar-refractivity contribution in [2.45, 2.75) is 45.7 Å². The van der Waals surface area contributed by atoms with Crippen molar-refractivity contribution in [1.29, 1.82) is 0 Å².